The van der Waals surface area contributed by atoms with Crippen LogP contribution in [0.5, 0.6) is 11.5 Å². The number of ether oxygens (including phenoxy) is 1. The van der Waals surface area contributed by atoms with Gasteiger partial charge in [-0.3, -0.25) is 9.59 Å². The molecule has 0 saturated heterocycles. The molecular weight excluding hydrogens is 350 g/mol. The highest BCUT2D eigenvalue weighted by Crippen LogP contribution is 2.22. The maximum atomic E-state index is 12.0. The fourth-order valence-corrected chi connectivity index (χ4v) is 2.42. The lowest BCUT2D eigenvalue weighted by Crippen LogP contribution is -2.41. The van der Waals surface area contributed by atoms with Gasteiger partial charge in [0.05, 0.1) is 19.2 Å². The number of para-hydroxylation sites is 2. The van der Waals surface area contributed by atoms with Gasteiger partial charge in [0.2, 0.25) is 5.91 Å². The van der Waals surface area contributed by atoms with E-state index < -0.39 is 17.9 Å². The number of methoxy groups -OCH3 is 1. The summed E-state index contributed by atoms with van der Waals surface area (Å²) in [5.41, 5.74) is 1.29. The molecular formula is C19H23N3O5. The Hall–Kier alpha value is -3.26. The Morgan fingerprint density at radius 1 is 1.07 bits per heavy atom. The summed E-state index contributed by atoms with van der Waals surface area (Å²) in [5.74, 6) is -0.757. The number of carbonyl (C=O) groups excluding carboxylic acids is 1. The molecule has 5 N–H and O–H groups in total. The number of nitrogens with one attached hydrogen (secondary N) is 3. The van der Waals surface area contributed by atoms with Crippen LogP contribution in [0, 0.1) is 0 Å². The monoisotopic (exact) mass is 373 g/mol. The maximum absolute atomic E-state index is 12.0. The number of rotatable bonds is 10. The summed E-state index contributed by atoms with van der Waals surface area (Å²) in [5, 5.41) is 27.1. The molecule has 0 heterocycles. The first-order chi connectivity index (χ1) is 13.0. The van der Waals surface area contributed by atoms with Crippen molar-refractivity contribution < 1.29 is 24.5 Å². The van der Waals surface area contributed by atoms with Gasteiger partial charge in [0, 0.05) is 18.8 Å². The normalized spacial score (nSPS) is 11.4. The second-order valence-electron chi connectivity index (χ2n) is 5.77. The second kappa shape index (κ2) is 10.0. The quantitative estimate of drug-likeness (QED) is 0.319. The predicted molar refractivity (Wildman–Crippen MR) is 102 cm³/mol. The number of carbonyl (C=O) groups is 2. The SMILES string of the molecule is COc1ccccc1NCCNC(CC(=O)Nc1ccc(O)cc1)C(=O)O. The van der Waals surface area contributed by atoms with E-state index in [0.29, 0.717) is 24.5 Å². The summed E-state index contributed by atoms with van der Waals surface area (Å²) in [6, 6.07) is 12.3. The number of aliphatic carboxylic acids is 1. The fraction of sp³-hybridized carbons (Fsp3) is 0.263. The number of benzene rings is 2. The van der Waals surface area contributed by atoms with E-state index in [9.17, 15) is 19.8 Å². The van der Waals surface area contributed by atoms with Crippen LogP contribution in [0.25, 0.3) is 0 Å². The van der Waals surface area contributed by atoms with Crippen molar-refractivity contribution in [3.8, 4) is 11.5 Å². The van der Waals surface area contributed by atoms with E-state index >= 15 is 0 Å². The van der Waals surface area contributed by atoms with E-state index in [2.05, 4.69) is 16.0 Å². The first-order valence-electron chi connectivity index (χ1n) is 8.41. The molecule has 0 fully saturated rings. The van der Waals surface area contributed by atoms with Crippen LogP contribution in [-0.2, 0) is 9.59 Å². The molecule has 0 aliphatic heterocycles. The lowest BCUT2D eigenvalue weighted by atomic mass is 10.2. The van der Waals surface area contributed by atoms with E-state index in [4.69, 9.17) is 4.74 Å². The van der Waals surface area contributed by atoms with E-state index in [-0.39, 0.29) is 12.2 Å². The summed E-state index contributed by atoms with van der Waals surface area (Å²) in [7, 11) is 1.58. The molecule has 0 aromatic heterocycles. The summed E-state index contributed by atoms with van der Waals surface area (Å²) in [4.78, 5) is 23.4. The standard InChI is InChI=1S/C19H23N3O5/c1-27-17-5-3-2-4-15(17)20-10-11-21-16(19(25)26)12-18(24)22-13-6-8-14(23)9-7-13/h2-9,16,20-21,23H,10-12H2,1H3,(H,22,24)(H,25,26). The molecule has 0 radical (unpaired) electrons. The van der Waals surface area contributed by atoms with Crippen LogP contribution in [0.2, 0.25) is 0 Å². The number of aromatic hydroxyl groups is 1. The lowest BCUT2D eigenvalue weighted by Gasteiger charge is -2.16. The Morgan fingerprint density at radius 3 is 2.44 bits per heavy atom. The summed E-state index contributed by atoms with van der Waals surface area (Å²) in [6.45, 7) is 0.811. The number of carboxylic acids is 1. The van der Waals surface area contributed by atoms with Crippen molar-refractivity contribution in [3.63, 3.8) is 0 Å². The molecule has 0 aliphatic rings. The minimum atomic E-state index is -1.10. The molecule has 2 aromatic carbocycles. The molecule has 1 unspecified atom stereocenters. The Labute approximate surface area is 157 Å². The van der Waals surface area contributed by atoms with E-state index in [1.807, 2.05) is 24.3 Å². The van der Waals surface area contributed by atoms with E-state index in [1.54, 1.807) is 7.11 Å². The van der Waals surface area contributed by atoms with Crippen molar-refractivity contribution in [2.24, 2.45) is 0 Å². The van der Waals surface area contributed by atoms with Gasteiger partial charge in [0.25, 0.3) is 0 Å². The largest absolute Gasteiger partial charge is 0.508 e. The summed E-state index contributed by atoms with van der Waals surface area (Å²) >= 11 is 0. The maximum Gasteiger partial charge on any atom is 0.321 e. The third-order valence-electron chi connectivity index (χ3n) is 3.78. The minimum absolute atomic E-state index is 0.0839. The highest BCUT2D eigenvalue weighted by atomic mass is 16.5. The molecule has 1 atom stereocenters. The topological polar surface area (TPSA) is 120 Å². The van der Waals surface area contributed by atoms with Gasteiger partial charge in [-0.25, -0.2) is 0 Å². The molecule has 27 heavy (non-hydrogen) atoms. The summed E-state index contributed by atoms with van der Waals surface area (Å²) in [6.07, 6.45) is -0.217. The van der Waals surface area contributed by atoms with Crippen molar-refractivity contribution in [1.29, 1.82) is 0 Å². The van der Waals surface area contributed by atoms with Crippen molar-refractivity contribution >= 4 is 23.3 Å². The highest BCUT2D eigenvalue weighted by Gasteiger charge is 2.20. The molecule has 8 heteroatoms. The first kappa shape index (κ1) is 20.1. The molecule has 2 rings (SSSR count). The number of amides is 1. The van der Waals surface area contributed by atoms with Gasteiger partial charge in [-0.05, 0) is 36.4 Å². The zero-order valence-electron chi connectivity index (χ0n) is 14.9. The van der Waals surface area contributed by atoms with Gasteiger partial charge in [-0.1, -0.05) is 12.1 Å². The van der Waals surface area contributed by atoms with Gasteiger partial charge in [-0.2, -0.15) is 0 Å². The van der Waals surface area contributed by atoms with Gasteiger partial charge >= 0.3 is 5.97 Å². The molecule has 0 aliphatic carbocycles. The first-order valence-corrected chi connectivity index (χ1v) is 8.41. The molecule has 0 bridgehead atoms. The van der Waals surface area contributed by atoms with E-state index in [1.165, 1.54) is 24.3 Å². The Kier molecular flexibility index (Phi) is 7.45. The average Bonchev–Trinajstić information content (AvgIpc) is 2.66. The molecule has 1 amide bonds. The van der Waals surface area contributed by atoms with Gasteiger partial charge in [-0.15, -0.1) is 0 Å². The molecule has 144 valence electrons. The van der Waals surface area contributed by atoms with E-state index in [0.717, 1.165) is 5.69 Å². The second-order valence-corrected chi connectivity index (χ2v) is 5.77. The number of carboxylic acid groups (broad SMARTS) is 1. The van der Waals surface area contributed by atoms with Gasteiger partial charge in [0.1, 0.15) is 17.5 Å². The van der Waals surface area contributed by atoms with Crippen molar-refractivity contribution in [3.05, 3.63) is 48.5 Å². The summed E-state index contributed by atoms with van der Waals surface area (Å²) < 4.78 is 5.23. The Morgan fingerprint density at radius 2 is 1.78 bits per heavy atom. The molecule has 0 spiro atoms. The van der Waals surface area contributed by atoms with Crippen molar-refractivity contribution in [2.75, 3.05) is 30.8 Å². The number of anilines is 2. The third-order valence-corrected chi connectivity index (χ3v) is 3.78. The highest BCUT2D eigenvalue weighted by molar-refractivity contribution is 5.94. The van der Waals surface area contributed by atoms with Crippen LogP contribution >= 0.6 is 0 Å². The van der Waals surface area contributed by atoms with Crippen molar-refractivity contribution in [2.45, 2.75) is 12.5 Å². The number of hydrogen-bond donors (Lipinski definition) is 5. The Balaban J connectivity index is 1.80. The Bertz CT molecular complexity index is 764. The zero-order valence-corrected chi connectivity index (χ0v) is 14.9. The van der Waals surface area contributed by atoms with Crippen LogP contribution in [0.1, 0.15) is 6.42 Å². The fourth-order valence-electron chi connectivity index (χ4n) is 2.42. The number of phenols is 1. The van der Waals surface area contributed by atoms with Crippen molar-refractivity contribution in [1.82, 2.24) is 5.32 Å². The minimum Gasteiger partial charge on any atom is -0.508 e. The predicted octanol–water partition coefficient (Wildman–Crippen LogP) is 1.88. The van der Waals surface area contributed by atoms with Crippen LogP contribution in [0.15, 0.2) is 48.5 Å². The van der Waals surface area contributed by atoms with Crippen LogP contribution in [-0.4, -0.2) is 48.3 Å². The number of phenolic OH excluding ortho intramolecular Hbond substituents is 1. The zero-order chi connectivity index (χ0) is 19.6. The van der Waals surface area contributed by atoms with Gasteiger partial charge in [0.15, 0.2) is 0 Å². The lowest BCUT2D eigenvalue weighted by molar-refractivity contribution is -0.141. The average molecular weight is 373 g/mol. The smallest absolute Gasteiger partial charge is 0.321 e. The molecule has 0 saturated carbocycles. The van der Waals surface area contributed by atoms with Crippen LogP contribution in [0.3, 0.4) is 0 Å². The number of hydrogen-bond acceptors (Lipinski definition) is 6. The van der Waals surface area contributed by atoms with Crippen LogP contribution in [0.4, 0.5) is 11.4 Å². The third kappa shape index (κ3) is 6.52. The molecule has 8 nitrogen and oxygen atoms in total. The van der Waals surface area contributed by atoms with Gasteiger partial charge < -0.3 is 30.9 Å². The molecule has 2 aromatic rings. The van der Waals surface area contributed by atoms with Crippen LogP contribution < -0.4 is 20.7 Å².